The molecule has 28 heavy (non-hydrogen) atoms. The summed E-state index contributed by atoms with van der Waals surface area (Å²) in [5.41, 5.74) is 2.80. The molecule has 1 aliphatic heterocycles. The molecule has 0 atom stereocenters. The first-order valence-electron chi connectivity index (χ1n) is 8.91. The zero-order chi connectivity index (χ0) is 19.3. The van der Waals surface area contributed by atoms with Crippen LogP contribution in [0.1, 0.15) is 10.4 Å². The molecule has 0 saturated carbocycles. The van der Waals surface area contributed by atoms with Gasteiger partial charge in [0.15, 0.2) is 0 Å². The molecule has 0 radical (unpaired) electrons. The van der Waals surface area contributed by atoms with Crippen LogP contribution in [0.3, 0.4) is 0 Å². The lowest BCUT2D eigenvalue weighted by molar-refractivity contribution is 0.102. The summed E-state index contributed by atoms with van der Waals surface area (Å²) >= 11 is 0. The number of carbonyl (C=O) groups excluding carboxylic acids is 1. The average molecular weight is 380 g/mol. The summed E-state index contributed by atoms with van der Waals surface area (Å²) in [6, 6.07) is 12.9. The Balaban J connectivity index is 1.59. The largest absolute Gasteiger partial charge is 0.494 e. The van der Waals surface area contributed by atoms with E-state index in [4.69, 9.17) is 9.47 Å². The highest BCUT2D eigenvalue weighted by Crippen LogP contribution is 2.29. The third kappa shape index (κ3) is 3.65. The van der Waals surface area contributed by atoms with Gasteiger partial charge in [-0.25, -0.2) is 4.68 Å². The third-order valence-corrected chi connectivity index (χ3v) is 4.55. The van der Waals surface area contributed by atoms with Crippen LogP contribution in [0.2, 0.25) is 0 Å². The van der Waals surface area contributed by atoms with Crippen LogP contribution in [-0.4, -0.2) is 59.5 Å². The summed E-state index contributed by atoms with van der Waals surface area (Å²) in [6.07, 6.45) is 1.49. The first-order chi connectivity index (χ1) is 13.8. The molecule has 1 saturated heterocycles. The van der Waals surface area contributed by atoms with Crippen LogP contribution in [0.25, 0.3) is 5.69 Å². The molecule has 144 valence electrons. The number of nitrogens with one attached hydrogen (secondary N) is 1. The van der Waals surface area contributed by atoms with Gasteiger partial charge < -0.3 is 19.7 Å². The van der Waals surface area contributed by atoms with Crippen molar-refractivity contribution in [1.29, 1.82) is 0 Å². The van der Waals surface area contributed by atoms with Crippen LogP contribution in [-0.2, 0) is 4.74 Å². The lowest BCUT2D eigenvalue weighted by Gasteiger charge is -2.30. The van der Waals surface area contributed by atoms with E-state index in [2.05, 4.69) is 25.7 Å². The summed E-state index contributed by atoms with van der Waals surface area (Å²) in [5, 5.41) is 14.1. The van der Waals surface area contributed by atoms with Gasteiger partial charge in [-0.05, 0) is 34.7 Å². The van der Waals surface area contributed by atoms with Gasteiger partial charge in [-0.3, -0.25) is 4.79 Å². The molecule has 0 aliphatic carbocycles. The maximum Gasteiger partial charge on any atom is 0.257 e. The van der Waals surface area contributed by atoms with Gasteiger partial charge in [0.1, 0.15) is 12.1 Å². The second-order valence-corrected chi connectivity index (χ2v) is 6.21. The zero-order valence-electron chi connectivity index (χ0n) is 15.4. The molecule has 1 fully saturated rings. The quantitative estimate of drug-likeness (QED) is 0.721. The molecule has 1 amide bonds. The van der Waals surface area contributed by atoms with Crippen molar-refractivity contribution in [3.8, 4) is 11.4 Å². The van der Waals surface area contributed by atoms with E-state index in [1.807, 2.05) is 30.3 Å². The monoisotopic (exact) mass is 380 g/mol. The van der Waals surface area contributed by atoms with Crippen LogP contribution < -0.4 is 15.0 Å². The molecule has 1 aliphatic rings. The first kappa shape index (κ1) is 17.9. The number of carbonyl (C=O) groups is 1. The molecule has 3 aromatic rings. The number of morpholine rings is 1. The number of aromatic nitrogens is 4. The first-order valence-corrected chi connectivity index (χ1v) is 8.91. The summed E-state index contributed by atoms with van der Waals surface area (Å²) in [7, 11) is 1.55. The molecular weight excluding hydrogens is 360 g/mol. The predicted octanol–water partition coefficient (Wildman–Crippen LogP) is 1.76. The smallest absolute Gasteiger partial charge is 0.257 e. The number of anilines is 2. The highest BCUT2D eigenvalue weighted by molar-refractivity contribution is 6.08. The number of para-hydroxylation sites is 1. The Morgan fingerprint density at radius 2 is 2.00 bits per heavy atom. The molecule has 0 unspecified atom stereocenters. The Labute approximate surface area is 161 Å². The molecular formula is C19H20N6O3. The van der Waals surface area contributed by atoms with E-state index in [9.17, 15) is 4.79 Å². The summed E-state index contributed by atoms with van der Waals surface area (Å²) in [4.78, 5) is 15.2. The van der Waals surface area contributed by atoms with E-state index >= 15 is 0 Å². The van der Waals surface area contributed by atoms with Crippen molar-refractivity contribution >= 4 is 17.3 Å². The second kappa shape index (κ2) is 8.05. The zero-order valence-corrected chi connectivity index (χ0v) is 15.4. The maximum absolute atomic E-state index is 13.0. The second-order valence-electron chi connectivity index (χ2n) is 6.21. The summed E-state index contributed by atoms with van der Waals surface area (Å²) < 4.78 is 12.4. The van der Waals surface area contributed by atoms with Crippen molar-refractivity contribution in [3.05, 3.63) is 54.4 Å². The molecule has 2 heterocycles. The van der Waals surface area contributed by atoms with E-state index in [-0.39, 0.29) is 5.91 Å². The predicted molar refractivity (Wildman–Crippen MR) is 103 cm³/mol. The third-order valence-electron chi connectivity index (χ3n) is 4.55. The SMILES string of the molecule is COc1cc(-n2cnnn2)ccc1NC(=O)c1ccccc1N1CCOCC1. The summed E-state index contributed by atoms with van der Waals surface area (Å²) in [5.74, 6) is 0.320. The van der Waals surface area contributed by atoms with Crippen molar-refractivity contribution in [2.45, 2.75) is 0 Å². The number of benzene rings is 2. The van der Waals surface area contributed by atoms with Gasteiger partial charge in [0.25, 0.3) is 5.91 Å². The van der Waals surface area contributed by atoms with E-state index in [0.717, 1.165) is 24.5 Å². The van der Waals surface area contributed by atoms with Gasteiger partial charge in [-0.1, -0.05) is 12.1 Å². The topological polar surface area (TPSA) is 94.4 Å². The minimum atomic E-state index is -0.199. The van der Waals surface area contributed by atoms with Crippen molar-refractivity contribution in [2.75, 3.05) is 43.6 Å². The van der Waals surface area contributed by atoms with Crippen molar-refractivity contribution in [3.63, 3.8) is 0 Å². The standard InChI is InChI=1S/C19H20N6O3/c1-27-18-12-14(25-13-20-22-23-25)6-7-16(18)21-19(26)15-4-2-3-5-17(15)24-8-10-28-11-9-24/h2-7,12-13H,8-11H2,1H3,(H,21,26). The Bertz CT molecular complexity index is 954. The Morgan fingerprint density at radius 1 is 1.18 bits per heavy atom. The Kier molecular flexibility index (Phi) is 5.16. The molecule has 0 spiro atoms. The molecule has 9 heteroatoms. The van der Waals surface area contributed by atoms with E-state index in [1.54, 1.807) is 19.2 Å². The van der Waals surface area contributed by atoms with E-state index < -0.39 is 0 Å². The van der Waals surface area contributed by atoms with Crippen LogP contribution in [0.15, 0.2) is 48.8 Å². The Hall–Kier alpha value is -3.46. The van der Waals surface area contributed by atoms with Crippen LogP contribution >= 0.6 is 0 Å². The van der Waals surface area contributed by atoms with Gasteiger partial charge in [0, 0.05) is 24.8 Å². The summed E-state index contributed by atoms with van der Waals surface area (Å²) in [6.45, 7) is 2.83. The van der Waals surface area contributed by atoms with Gasteiger partial charge in [0.05, 0.1) is 37.3 Å². The minimum Gasteiger partial charge on any atom is -0.494 e. The number of ether oxygens (including phenoxy) is 2. The van der Waals surface area contributed by atoms with E-state index in [0.29, 0.717) is 30.2 Å². The van der Waals surface area contributed by atoms with Crippen LogP contribution in [0, 0.1) is 0 Å². The molecule has 0 bridgehead atoms. The lowest BCUT2D eigenvalue weighted by Crippen LogP contribution is -2.37. The molecule has 1 aromatic heterocycles. The fourth-order valence-electron chi connectivity index (χ4n) is 3.14. The number of amides is 1. The molecule has 1 N–H and O–H groups in total. The van der Waals surface area contributed by atoms with Gasteiger partial charge in [0.2, 0.25) is 0 Å². The number of hydrogen-bond acceptors (Lipinski definition) is 7. The molecule has 9 nitrogen and oxygen atoms in total. The normalized spacial score (nSPS) is 14.0. The van der Waals surface area contributed by atoms with Crippen molar-refractivity contribution < 1.29 is 14.3 Å². The number of rotatable bonds is 5. The maximum atomic E-state index is 13.0. The fraction of sp³-hybridized carbons (Fsp3) is 0.263. The van der Waals surface area contributed by atoms with E-state index in [1.165, 1.54) is 11.0 Å². The lowest BCUT2D eigenvalue weighted by atomic mass is 10.1. The van der Waals surface area contributed by atoms with Gasteiger partial charge in [-0.2, -0.15) is 0 Å². The highest BCUT2D eigenvalue weighted by atomic mass is 16.5. The van der Waals surface area contributed by atoms with Crippen LogP contribution in [0.5, 0.6) is 5.75 Å². The number of tetrazole rings is 1. The highest BCUT2D eigenvalue weighted by Gasteiger charge is 2.19. The molecule has 2 aromatic carbocycles. The number of hydrogen-bond donors (Lipinski definition) is 1. The number of nitrogens with zero attached hydrogens (tertiary/aromatic N) is 5. The Morgan fingerprint density at radius 3 is 2.75 bits per heavy atom. The van der Waals surface area contributed by atoms with Crippen molar-refractivity contribution in [1.82, 2.24) is 20.2 Å². The number of methoxy groups -OCH3 is 1. The van der Waals surface area contributed by atoms with Crippen molar-refractivity contribution in [2.24, 2.45) is 0 Å². The average Bonchev–Trinajstić information content (AvgIpc) is 3.29. The minimum absolute atomic E-state index is 0.199. The fourth-order valence-corrected chi connectivity index (χ4v) is 3.14. The molecule has 4 rings (SSSR count). The van der Waals surface area contributed by atoms with Gasteiger partial charge >= 0.3 is 0 Å². The van der Waals surface area contributed by atoms with Crippen LogP contribution in [0.4, 0.5) is 11.4 Å². The van der Waals surface area contributed by atoms with Gasteiger partial charge in [-0.15, -0.1) is 5.10 Å².